The zero-order chi connectivity index (χ0) is 19.7. The fourth-order valence-electron chi connectivity index (χ4n) is 3.79. The van der Waals surface area contributed by atoms with Crippen LogP contribution in [0, 0.1) is 0 Å². The number of aromatic hydroxyl groups is 1. The van der Waals surface area contributed by atoms with E-state index in [4.69, 9.17) is 14.9 Å². The van der Waals surface area contributed by atoms with Crippen LogP contribution in [0.1, 0.15) is 36.7 Å². The van der Waals surface area contributed by atoms with Crippen molar-refractivity contribution < 1.29 is 23.7 Å². The fourth-order valence-corrected chi connectivity index (χ4v) is 3.79. The number of quaternary nitrogens is 1. The molecule has 3 heterocycles. The number of nitrogens with zero attached hydrogens (tertiary/aromatic N) is 2. The second-order valence-electron chi connectivity index (χ2n) is 7.02. The number of anilines is 1. The topological polar surface area (TPSA) is 89.8 Å². The number of furan rings is 1. The molecule has 0 bridgehead atoms. The van der Waals surface area contributed by atoms with Crippen molar-refractivity contribution in [3.8, 4) is 17.4 Å². The SMILES string of the molecule is CC[NH+](CC)CC[n+]1cnc2c(c1N)[C@@H](c1ccco1)c1ccc(O)cc1O2. The Balaban J connectivity index is 1.79. The summed E-state index contributed by atoms with van der Waals surface area (Å²) < 4.78 is 13.7. The molecule has 0 amide bonds. The Labute approximate surface area is 164 Å². The Morgan fingerprint density at radius 1 is 1.25 bits per heavy atom. The highest BCUT2D eigenvalue weighted by atomic mass is 16.5. The van der Waals surface area contributed by atoms with E-state index in [1.807, 2.05) is 22.8 Å². The highest BCUT2D eigenvalue weighted by Gasteiger charge is 2.37. The van der Waals surface area contributed by atoms with E-state index in [0.29, 0.717) is 17.4 Å². The molecule has 2 aromatic heterocycles. The van der Waals surface area contributed by atoms with Gasteiger partial charge in [0.15, 0.2) is 0 Å². The number of rotatable bonds is 6. The molecule has 0 saturated heterocycles. The van der Waals surface area contributed by atoms with Crippen LogP contribution in [0.2, 0.25) is 0 Å². The molecule has 3 aromatic rings. The van der Waals surface area contributed by atoms with Crippen LogP contribution in [0.15, 0.2) is 47.3 Å². The molecule has 0 radical (unpaired) electrons. The number of phenols is 1. The van der Waals surface area contributed by atoms with E-state index in [0.717, 1.165) is 43.1 Å². The first kappa shape index (κ1) is 18.3. The number of benzene rings is 1. The van der Waals surface area contributed by atoms with Gasteiger partial charge in [-0.3, -0.25) is 0 Å². The van der Waals surface area contributed by atoms with Crippen molar-refractivity contribution in [2.45, 2.75) is 26.3 Å². The Bertz CT molecular complexity index is 968. The fraction of sp³-hybridized carbons (Fsp3) is 0.333. The predicted molar refractivity (Wildman–Crippen MR) is 104 cm³/mol. The lowest BCUT2D eigenvalue weighted by atomic mass is 9.87. The summed E-state index contributed by atoms with van der Waals surface area (Å²) in [7, 11) is 0. The van der Waals surface area contributed by atoms with Gasteiger partial charge in [0.05, 0.1) is 25.3 Å². The maximum absolute atomic E-state index is 9.87. The average molecular weight is 382 g/mol. The molecule has 4 rings (SSSR count). The number of hydrogen-bond acceptors (Lipinski definition) is 5. The molecular weight excluding hydrogens is 356 g/mol. The van der Waals surface area contributed by atoms with Gasteiger partial charge in [-0.05, 0) is 32.0 Å². The second kappa shape index (κ2) is 7.52. The molecule has 146 valence electrons. The Morgan fingerprint density at radius 3 is 2.79 bits per heavy atom. The molecule has 1 aliphatic heterocycles. The molecule has 1 atom stereocenters. The summed E-state index contributed by atoms with van der Waals surface area (Å²) in [6.45, 7) is 8.26. The van der Waals surface area contributed by atoms with Gasteiger partial charge in [-0.15, -0.1) is 0 Å². The highest BCUT2D eigenvalue weighted by Crippen LogP contribution is 2.48. The number of hydrogen-bond donors (Lipinski definition) is 3. The number of phenolic OH excluding ortho intramolecular Hbond substituents is 1. The third-order valence-electron chi connectivity index (χ3n) is 5.47. The minimum absolute atomic E-state index is 0.140. The molecular formula is C21H26N4O3+2. The van der Waals surface area contributed by atoms with E-state index in [1.54, 1.807) is 24.7 Å². The van der Waals surface area contributed by atoms with Crippen LogP contribution in [-0.2, 0) is 6.54 Å². The molecule has 1 aliphatic rings. The van der Waals surface area contributed by atoms with E-state index in [2.05, 4.69) is 18.8 Å². The van der Waals surface area contributed by atoms with Gasteiger partial charge in [0.25, 0.3) is 0 Å². The van der Waals surface area contributed by atoms with Crippen LogP contribution >= 0.6 is 0 Å². The number of fused-ring (bicyclic) bond motifs is 2. The molecule has 4 N–H and O–H groups in total. The van der Waals surface area contributed by atoms with Gasteiger partial charge in [0.2, 0.25) is 12.1 Å². The van der Waals surface area contributed by atoms with Crippen LogP contribution in [-0.4, -0.2) is 29.7 Å². The summed E-state index contributed by atoms with van der Waals surface area (Å²) in [4.78, 5) is 6.03. The molecule has 28 heavy (non-hydrogen) atoms. The maximum Gasteiger partial charge on any atom is 0.306 e. The monoisotopic (exact) mass is 382 g/mol. The predicted octanol–water partition coefficient (Wildman–Crippen LogP) is 1.46. The van der Waals surface area contributed by atoms with Gasteiger partial charge < -0.3 is 24.9 Å². The normalized spacial score (nSPS) is 15.2. The first-order valence-corrected chi connectivity index (χ1v) is 9.67. The standard InChI is InChI=1S/C21H24N4O3/c1-3-24(4-2)9-10-25-13-23-21-19(20(25)22)18(16-6-5-11-27-16)15-8-7-14(26)12-17(15)28-21/h5-8,11-13,18,22,26H,3-4,9-10H2,1-2H3/p+2/t18-/m1/s1. The number of ether oxygens (including phenoxy) is 1. The minimum Gasteiger partial charge on any atom is -0.508 e. The number of nitrogens with two attached hydrogens (primary N) is 1. The Kier molecular flexibility index (Phi) is 4.92. The van der Waals surface area contributed by atoms with Crippen LogP contribution in [0.5, 0.6) is 17.4 Å². The first-order valence-electron chi connectivity index (χ1n) is 9.67. The van der Waals surface area contributed by atoms with Crippen molar-refractivity contribution in [1.82, 2.24) is 4.98 Å². The largest absolute Gasteiger partial charge is 0.508 e. The highest BCUT2D eigenvalue weighted by molar-refractivity contribution is 5.60. The van der Waals surface area contributed by atoms with Gasteiger partial charge in [0.1, 0.15) is 35.9 Å². The van der Waals surface area contributed by atoms with Gasteiger partial charge >= 0.3 is 5.88 Å². The summed E-state index contributed by atoms with van der Waals surface area (Å²) in [6.07, 6.45) is 3.37. The van der Waals surface area contributed by atoms with Gasteiger partial charge in [0, 0.05) is 11.6 Å². The van der Waals surface area contributed by atoms with Crippen molar-refractivity contribution in [3.63, 3.8) is 0 Å². The summed E-state index contributed by atoms with van der Waals surface area (Å²) in [5, 5.41) is 9.87. The van der Waals surface area contributed by atoms with Crippen molar-refractivity contribution in [2.75, 3.05) is 25.4 Å². The molecule has 0 saturated carbocycles. The number of nitrogen functional groups attached to an aromatic ring is 1. The summed E-state index contributed by atoms with van der Waals surface area (Å²) in [5.41, 5.74) is 8.29. The molecule has 0 aliphatic carbocycles. The second-order valence-corrected chi connectivity index (χ2v) is 7.02. The lowest BCUT2D eigenvalue weighted by Crippen LogP contribution is -3.12. The molecule has 1 aromatic carbocycles. The first-order chi connectivity index (χ1) is 13.6. The molecule has 0 unspecified atom stereocenters. The van der Waals surface area contributed by atoms with E-state index < -0.39 is 0 Å². The third kappa shape index (κ3) is 3.18. The van der Waals surface area contributed by atoms with Gasteiger partial charge in [-0.25, -0.2) is 4.57 Å². The average Bonchev–Trinajstić information content (AvgIpc) is 3.23. The molecule has 0 spiro atoms. The molecule has 7 nitrogen and oxygen atoms in total. The van der Waals surface area contributed by atoms with E-state index >= 15 is 0 Å². The van der Waals surface area contributed by atoms with Crippen LogP contribution in [0.25, 0.3) is 0 Å². The lowest BCUT2D eigenvalue weighted by molar-refractivity contribution is -0.915. The van der Waals surface area contributed by atoms with Crippen LogP contribution in [0.3, 0.4) is 0 Å². The van der Waals surface area contributed by atoms with Crippen molar-refractivity contribution in [3.05, 3.63) is 59.8 Å². The smallest absolute Gasteiger partial charge is 0.306 e. The quantitative estimate of drug-likeness (QED) is 0.439. The number of nitrogens with one attached hydrogen (secondary N) is 1. The Morgan fingerprint density at radius 2 is 2.07 bits per heavy atom. The third-order valence-corrected chi connectivity index (χ3v) is 5.47. The Hall–Kier alpha value is -3.06. The van der Waals surface area contributed by atoms with Crippen molar-refractivity contribution in [2.24, 2.45) is 0 Å². The minimum atomic E-state index is -0.241. The number of aromatic nitrogens is 2. The van der Waals surface area contributed by atoms with Crippen molar-refractivity contribution >= 4 is 5.82 Å². The summed E-state index contributed by atoms with van der Waals surface area (Å²) in [5.74, 6) is 2.29. The van der Waals surface area contributed by atoms with E-state index in [1.165, 1.54) is 4.90 Å². The lowest BCUT2D eigenvalue weighted by Gasteiger charge is -2.25. The van der Waals surface area contributed by atoms with E-state index in [-0.39, 0.29) is 11.7 Å². The molecule has 7 heteroatoms. The van der Waals surface area contributed by atoms with Crippen LogP contribution < -0.4 is 19.9 Å². The molecule has 0 fully saturated rings. The zero-order valence-electron chi connectivity index (χ0n) is 16.2. The van der Waals surface area contributed by atoms with E-state index in [9.17, 15) is 5.11 Å². The summed E-state index contributed by atoms with van der Waals surface area (Å²) in [6, 6.07) is 8.87. The van der Waals surface area contributed by atoms with Crippen LogP contribution in [0.4, 0.5) is 5.82 Å². The number of likely N-dealkylation sites (N-methyl/N-ethyl adjacent to an activating group) is 1. The van der Waals surface area contributed by atoms with Gasteiger partial charge in [-0.2, -0.15) is 0 Å². The maximum atomic E-state index is 9.87. The zero-order valence-corrected chi connectivity index (χ0v) is 16.2. The summed E-state index contributed by atoms with van der Waals surface area (Å²) >= 11 is 0. The van der Waals surface area contributed by atoms with Gasteiger partial charge in [-0.1, -0.05) is 11.1 Å². The van der Waals surface area contributed by atoms with Crippen molar-refractivity contribution in [1.29, 1.82) is 0 Å².